The summed E-state index contributed by atoms with van der Waals surface area (Å²) in [4.78, 5) is 4.34. The van der Waals surface area contributed by atoms with Crippen LogP contribution in [0.4, 0.5) is 0 Å². The van der Waals surface area contributed by atoms with Crippen LogP contribution in [0.5, 0.6) is 5.88 Å². The van der Waals surface area contributed by atoms with Gasteiger partial charge in [-0.3, -0.25) is 0 Å². The summed E-state index contributed by atoms with van der Waals surface area (Å²) < 4.78 is 7.17. The maximum atomic E-state index is 6.17. The Morgan fingerprint density at radius 2 is 2.11 bits per heavy atom. The van der Waals surface area contributed by atoms with E-state index in [4.69, 9.17) is 4.74 Å². The van der Waals surface area contributed by atoms with Crippen molar-refractivity contribution in [3.8, 4) is 5.88 Å². The predicted molar refractivity (Wildman–Crippen MR) is 75.6 cm³/mol. The second kappa shape index (κ2) is 3.96. The average Bonchev–Trinajstić information content (AvgIpc) is 2.65. The van der Waals surface area contributed by atoms with Gasteiger partial charge in [-0.25, -0.2) is 4.98 Å². The van der Waals surface area contributed by atoms with Gasteiger partial charge >= 0.3 is 0 Å². The highest BCUT2D eigenvalue weighted by Gasteiger charge is 2.62. The molecule has 0 aliphatic heterocycles. The summed E-state index contributed by atoms with van der Waals surface area (Å²) >= 11 is 3.40. The van der Waals surface area contributed by atoms with E-state index in [-0.39, 0.29) is 0 Å². The molecule has 2 bridgehead atoms. The van der Waals surface area contributed by atoms with Gasteiger partial charge in [-0.1, -0.05) is 20.8 Å². The Morgan fingerprint density at radius 3 is 2.61 bits per heavy atom. The third-order valence-corrected chi connectivity index (χ3v) is 6.15. The van der Waals surface area contributed by atoms with Gasteiger partial charge in [0.15, 0.2) is 0 Å². The highest BCUT2D eigenvalue weighted by molar-refractivity contribution is 9.10. The molecule has 0 radical (unpaired) electrons. The van der Waals surface area contributed by atoms with E-state index in [9.17, 15) is 0 Å². The van der Waals surface area contributed by atoms with Crippen LogP contribution in [-0.4, -0.2) is 11.1 Å². The second-order valence-electron chi connectivity index (χ2n) is 6.53. The Hall–Kier alpha value is -0.570. The quantitative estimate of drug-likeness (QED) is 0.806. The van der Waals surface area contributed by atoms with Crippen molar-refractivity contribution in [3.63, 3.8) is 0 Å². The van der Waals surface area contributed by atoms with Gasteiger partial charge in [-0.15, -0.1) is 0 Å². The van der Waals surface area contributed by atoms with E-state index in [0.29, 0.717) is 16.9 Å². The van der Waals surface area contributed by atoms with E-state index in [1.807, 2.05) is 12.1 Å². The van der Waals surface area contributed by atoms with E-state index in [2.05, 4.69) is 41.7 Å². The summed E-state index contributed by atoms with van der Waals surface area (Å²) in [5.41, 5.74) is 0.694. The number of fused-ring (bicyclic) bond motifs is 2. The van der Waals surface area contributed by atoms with Gasteiger partial charge in [0.25, 0.3) is 0 Å². The number of halogens is 1. The van der Waals surface area contributed by atoms with Crippen LogP contribution in [-0.2, 0) is 0 Å². The van der Waals surface area contributed by atoms with Crippen molar-refractivity contribution < 1.29 is 4.74 Å². The fraction of sp³-hybridized carbons (Fsp3) is 0.667. The average molecular weight is 310 g/mol. The first kappa shape index (κ1) is 12.5. The molecule has 2 saturated carbocycles. The molecule has 0 N–H and O–H groups in total. The van der Waals surface area contributed by atoms with E-state index >= 15 is 0 Å². The summed E-state index contributed by atoms with van der Waals surface area (Å²) in [6.07, 6.45) is 5.94. The van der Waals surface area contributed by atoms with Crippen LogP contribution in [0, 0.1) is 16.7 Å². The van der Waals surface area contributed by atoms with Crippen molar-refractivity contribution >= 4 is 15.9 Å². The lowest BCUT2D eigenvalue weighted by Gasteiger charge is -2.38. The molecular weight excluding hydrogens is 290 g/mol. The van der Waals surface area contributed by atoms with Crippen LogP contribution >= 0.6 is 15.9 Å². The number of hydrogen-bond acceptors (Lipinski definition) is 2. The molecule has 98 valence electrons. The van der Waals surface area contributed by atoms with Crippen molar-refractivity contribution in [1.29, 1.82) is 0 Å². The fourth-order valence-corrected chi connectivity index (χ4v) is 4.12. The molecule has 2 aliphatic rings. The minimum absolute atomic E-state index is 0.298. The minimum atomic E-state index is 0.298. The van der Waals surface area contributed by atoms with E-state index in [0.717, 1.165) is 16.3 Å². The smallest absolute Gasteiger partial charge is 0.213 e. The molecule has 2 fully saturated rings. The number of hydrogen-bond donors (Lipinski definition) is 0. The Morgan fingerprint density at radius 1 is 1.33 bits per heavy atom. The molecule has 18 heavy (non-hydrogen) atoms. The number of ether oxygens (including phenoxy) is 1. The number of rotatable bonds is 2. The summed E-state index contributed by atoms with van der Waals surface area (Å²) in [6, 6.07) is 3.94. The van der Waals surface area contributed by atoms with Crippen LogP contribution in [0.25, 0.3) is 0 Å². The number of nitrogens with zero attached hydrogens (tertiary/aromatic N) is 1. The Balaban J connectivity index is 1.81. The predicted octanol–water partition coefficient (Wildman–Crippen LogP) is 4.44. The van der Waals surface area contributed by atoms with E-state index in [1.54, 1.807) is 6.20 Å². The first-order valence-corrected chi connectivity index (χ1v) is 7.51. The first-order valence-electron chi connectivity index (χ1n) is 6.72. The van der Waals surface area contributed by atoms with Gasteiger partial charge in [-0.05, 0) is 52.6 Å². The van der Waals surface area contributed by atoms with Crippen LogP contribution < -0.4 is 4.74 Å². The molecule has 1 aromatic heterocycles. The molecule has 0 saturated heterocycles. The monoisotopic (exact) mass is 309 g/mol. The van der Waals surface area contributed by atoms with Crippen molar-refractivity contribution in [2.24, 2.45) is 16.7 Å². The van der Waals surface area contributed by atoms with Gasteiger partial charge in [0, 0.05) is 22.2 Å². The molecule has 0 spiro atoms. The molecular formula is C15H20BrNO. The summed E-state index contributed by atoms with van der Waals surface area (Å²) in [5, 5.41) is 0. The number of aromatic nitrogens is 1. The second-order valence-corrected chi connectivity index (χ2v) is 7.45. The topological polar surface area (TPSA) is 22.1 Å². The maximum absolute atomic E-state index is 6.17. The maximum Gasteiger partial charge on any atom is 0.213 e. The van der Waals surface area contributed by atoms with E-state index in [1.165, 1.54) is 19.3 Å². The number of pyridine rings is 1. The lowest BCUT2D eigenvalue weighted by atomic mass is 9.70. The molecule has 0 aromatic carbocycles. The van der Waals surface area contributed by atoms with Gasteiger partial charge in [0.05, 0.1) is 0 Å². The third-order valence-electron chi connectivity index (χ3n) is 5.68. The zero-order valence-corrected chi connectivity index (χ0v) is 12.8. The van der Waals surface area contributed by atoms with Gasteiger partial charge in [0.2, 0.25) is 5.88 Å². The highest BCUT2D eigenvalue weighted by Crippen LogP contribution is 2.66. The summed E-state index contributed by atoms with van der Waals surface area (Å²) in [6.45, 7) is 7.20. The van der Waals surface area contributed by atoms with Gasteiger partial charge in [0.1, 0.15) is 6.10 Å². The molecule has 0 amide bonds. The van der Waals surface area contributed by atoms with Gasteiger partial charge < -0.3 is 4.74 Å². The Labute approximate surface area is 117 Å². The molecule has 3 rings (SSSR count). The van der Waals surface area contributed by atoms with Gasteiger partial charge in [-0.2, -0.15) is 0 Å². The molecule has 2 aliphatic carbocycles. The Bertz CT molecular complexity index is 456. The molecule has 3 atom stereocenters. The molecule has 2 nitrogen and oxygen atoms in total. The molecule has 1 heterocycles. The standard InChI is InChI=1S/C15H20BrNO/c1-14(2)10-6-7-15(14,3)12(8-10)18-13-5-4-11(16)9-17-13/h4-5,9-10,12H,6-8H2,1-3H3. The molecule has 3 heteroatoms. The lowest BCUT2D eigenvalue weighted by molar-refractivity contribution is 0.0273. The van der Waals surface area contributed by atoms with Crippen molar-refractivity contribution in [1.82, 2.24) is 4.98 Å². The van der Waals surface area contributed by atoms with Crippen LogP contribution in [0.3, 0.4) is 0 Å². The van der Waals surface area contributed by atoms with Crippen LogP contribution in [0.15, 0.2) is 22.8 Å². The molecule has 3 unspecified atom stereocenters. The zero-order chi connectivity index (χ0) is 13.0. The lowest BCUT2D eigenvalue weighted by Crippen LogP contribution is -2.39. The minimum Gasteiger partial charge on any atom is -0.474 e. The van der Waals surface area contributed by atoms with Crippen LogP contribution in [0.2, 0.25) is 0 Å². The highest BCUT2D eigenvalue weighted by atomic mass is 79.9. The van der Waals surface area contributed by atoms with Crippen LogP contribution in [0.1, 0.15) is 40.0 Å². The molecule has 1 aromatic rings. The van der Waals surface area contributed by atoms with Crippen molar-refractivity contribution in [2.45, 2.75) is 46.1 Å². The largest absolute Gasteiger partial charge is 0.474 e. The fourth-order valence-electron chi connectivity index (χ4n) is 3.89. The SMILES string of the molecule is CC1(C)C2CCC1(C)C(Oc1ccc(Br)cn1)C2. The van der Waals surface area contributed by atoms with Crippen molar-refractivity contribution in [2.75, 3.05) is 0 Å². The van der Waals surface area contributed by atoms with Crippen molar-refractivity contribution in [3.05, 3.63) is 22.8 Å². The zero-order valence-electron chi connectivity index (χ0n) is 11.2. The Kier molecular flexibility index (Phi) is 2.74. The normalized spacial score (nSPS) is 36.9. The summed E-state index contributed by atoms with van der Waals surface area (Å²) in [5.74, 6) is 1.57. The summed E-state index contributed by atoms with van der Waals surface area (Å²) in [7, 11) is 0. The first-order chi connectivity index (χ1) is 8.43. The van der Waals surface area contributed by atoms with E-state index < -0.39 is 0 Å². The third kappa shape index (κ3) is 1.63.